The number of nitrogens with zero attached hydrogens (tertiary/aromatic N) is 1. The maximum atomic E-state index is 4.80. The largest absolute Gasteiger partial charge is 0.257 e. The Kier molecular flexibility index (Phi) is 2.68. The third-order valence-electron chi connectivity index (χ3n) is 3.41. The van der Waals surface area contributed by atoms with E-state index in [1.54, 1.807) is 0 Å². The van der Waals surface area contributed by atoms with Gasteiger partial charge in [0.25, 0.3) is 0 Å². The quantitative estimate of drug-likeness (QED) is 0.578. The van der Waals surface area contributed by atoms with Crippen molar-refractivity contribution in [3.8, 4) is 0 Å². The SMILES string of the molecule is CC(C)(C)C1=CC2C(C(C)(C)C)=CC=CC2=N1. The summed E-state index contributed by atoms with van der Waals surface area (Å²) in [6, 6.07) is 0. The van der Waals surface area contributed by atoms with Crippen molar-refractivity contribution in [2.75, 3.05) is 0 Å². The van der Waals surface area contributed by atoms with Gasteiger partial charge in [-0.05, 0) is 17.6 Å². The minimum atomic E-state index is 0.140. The van der Waals surface area contributed by atoms with Gasteiger partial charge in [0.2, 0.25) is 0 Å². The Balaban J connectivity index is 2.41. The van der Waals surface area contributed by atoms with Crippen molar-refractivity contribution in [3.05, 3.63) is 35.6 Å². The van der Waals surface area contributed by atoms with Gasteiger partial charge in [0.05, 0.1) is 5.71 Å². The van der Waals surface area contributed by atoms with Crippen LogP contribution in [0.3, 0.4) is 0 Å². The topological polar surface area (TPSA) is 12.4 Å². The molecule has 1 heteroatoms. The Morgan fingerprint density at radius 1 is 1.00 bits per heavy atom. The molecule has 1 nitrogen and oxygen atoms in total. The zero-order valence-electron chi connectivity index (χ0n) is 11.8. The molecule has 0 bridgehead atoms. The van der Waals surface area contributed by atoms with E-state index < -0.39 is 0 Å². The lowest BCUT2D eigenvalue weighted by atomic mass is 9.75. The van der Waals surface area contributed by atoms with E-state index in [1.165, 1.54) is 17.0 Å². The fourth-order valence-corrected chi connectivity index (χ4v) is 2.37. The van der Waals surface area contributed by atoms with Gasteiger partial charge in [0, 0.05) is 17.0 Å². The number of allylic oxidation sites excluding steroid dienone is 6. The second kappa shape index (κ2) is 3.69. The van der Waals surface area contributed by atoms with Crippen LogP contribution in [0.25, 0.3) is 0 Å². The minimum absolute atomic E-state index is 0.140. The summed E-state index contributed by atoms with van der Waals surface area (Å²) < 4.78 is 0. The molecule has 1 heterocycles. The molecule has 0 aromatic heterocycles. The predicted octanol–water partition coefficient (Wildman–Crippen LogP) is 4.53. The van der Waals surface area contributed by atoms with Crippen LogP contribution in [0.2, 0.25) is 0 Å². The van der Waals surface area contributed by atoms with E-state index in [1.807, 2.05) is 0 Å². The van der Waals surface area contributed by atoms with Crippen molar-refractivity contribution >= 4 is 5.71 Å². The predicted molar refractivity (Wildman–Crippen MR) is 75.1 cm³/mol. The lowest BCUT2D eigenvalue weighted by molar-refractivity contribution is 0.475. The first kappa shape index (κ1) is 12.3. The second-order valence-electron chi connectivity index (χ2n) is 7.05. The zero-order valence-corrected chi connectivity index (χ0v) is 11.8. The van der Waals surface area contributed by atoms with Crippen molar-refractivity contribution < 1.29 is 0 Å². The van der Waals surface area contributed by atoms with E-state index in [2.05, 4.69) is 65.8 Å². The highest BCUT2D eigenvalue weighted by molar-refractivity contribution is 6.03. The van der Waals surface area contributed by atoms with E-state index in [0.717, 1.165) is 0 Å². The average molecular weight is 229 g/mol. The molecule has 0 N–H and O–H groups in total. The van der Waals surface area contributed by atoms with Gasteiger partial charge in [0.1, 0.15) is 0 Å². The van der Waals surface area contributed by atoms with Gasteiger partial charge in [-0.1, -0.05) is 59.3 Å². The maximum Gasteiger partial charge on any atom is 0.0517 e. The summed E-state index contributed by atoms with van der Waals surface area (Å²) in [5, 5.41) is 0. The zero-order chi connectivity index (χ0) is 12.8. The molecule has 2 aliphatic rings. The maximum absolute atomic E-state index is 4.80. The van der Waals surface area contributed by atoms with Crippen LogP contribution in [-0.4, -0.2) is 5.71 Å². The number of hydrogen-bond acceptors (Lipinski definition) is 1. The molecule has 17 heavy (non-hydrogen) atoms. The molecular formula is C16H23N. The average Bonchev–Trinajstić information content (AvgIpc) is 2.57. The molecule has 0 saturated carbocycles. The Morgan fingerprint density at radius 3 is 2.18 bits per heavy atom. The van der Waals surface area contributed by atoms with Crippen molar-refractivity contribution in [2.24, 2.45) is 21.7 Å². The van der Waals surface area contributed by atoms with Crippen LogP contribution < -0.4 is 0 Å². The number of aliphatic imine (C=N–C) groups is 1. The smallest absolute Gasteiger partial charge is 0.0517 e. The summed E-state index contributed by atoms with van der Waals surface area (Å²) >= 11 is 0. The van der Waals surface area contributed by atoms with Crippen LogP contribution in [0.4, 0.5) is 0 Å². The molecule has 0 saturated heterocycles. The number of rotatable bonds is 0. The first-order chi connectivity index (χ1) is 7.69. The molecule has 1 aliphatic carbocycles. The van der Waals surface area contributed by atoms with Gasteiger partial charge >= 0.3 is 0 Å². The highest BCUT2D eigenvalue weighted by Gasteiger charge is 2.33. The van der Waals surface area contributed by atoms with E-state index in [9.17, 15) is 0 Å². The summed E-state index contributed by atoms with van der Waals surface area (Å²) in [6.07, 6.45) is 8.88. The highest BCUT2D eigenvalue weighted by atomic mass is 14.8. The van der Waals surface area contributed by atoms with Crippen molar-refractivity contribution in [1.29, 1.82) is 0 Å². The van der Waals surface area contributed by atoms with Gasteiger partial charge in [-0.2, -0.15) is 0 Å². The molecular weight excluding hydrogens is 206 g/mol. The monoisotopic (exact) mass is 229 g/mol. The second-order valence-corrected chi connectivity index (χ2v) is 7.05. The van der Waals surface area contributed by atoms with Crippen molar-refractivity contribution in [1.82, 2.24) is 0 Å². The number of hydrogen-bond donors (Lipinski definition) is 0. The molecule has 0 aromatic carbocycles. The molecule has 0 aromatic rings. The standard InChI is InChI=1S/C16H23N/c1-15(2,3)12-8-7-9-13-11(12)10-14(17-13)16(4,5)6/h7-11H,1-6H3. The molecule has 1 aliphatic heterocycles. The third-order valence-corrected chi connectivity index (χ3v) is 3.41. The Bertz CT molecular complexity index is 445. The van der Waals surface area contributed by atoms with Gasteiger partial charge in [0.15, 0.2) is 0 Å². The molecule has 0 fully saturated rings. The van der Waals surface area contributed by atoms with Crippen LogP contribution in [0, 0.1) is 16.7 Å². The summed E-state index contributed by atoms with van der Waals surface area (Å²) in [4.78, 5) is 4.80. The first-order valence-corrected chi connectivity index (χ1v) is 6.39. The summed E-state index contributed by atoms with van der Waals surface area (Å²) in [5.74, 6) is 0.397. The Morgan fingerprint density at radius 2 is 1.65 bits per heavy atom. The molecule has 1 atom stereocenters. The van der Waals surface area contributed by atoms with Crippen LogP contribution in [0.15, 0.2) is 40.6 Å². The first-order valence-electron chi connectivity index (χ1n) is 6.39. The molecule has 0 amide bonds. The lowest BCUT2D eigenvalue weighted by Gasteiger charge is -2.29. The molecule has 2 rings (SSSR count). The third kappa shape index (κ3) is 2.29. The van der Waals surface area contributed by atoms with Gasteiger partial charge in [-0.15, -0.1) is 0 Å². The molecule has 92 valence electrons. The molecule has 0 spiro atoms. The van der Waals surface area contributed by atoms with Gasteiger partial charge < -0.3 is 0 Å². The summed E-state index contributed by atoms with van der Waals surface area (Å²) in [6.45, 7) is 13.5. The van der Waals surface area contributed by atoms with Gasteiger partial charge in [-0.3, -0.25) is 4.99 Å². The normalized spacial score (nSPS) is 24.1. The minimum Gasteiger partial charge on any atom is -0.257 e. The highest BCUT2D eigenvalue weighted by Crippen LogP contribution is 2.41. The van der Waals surface area contributed by atoms with Crippen LogP contribution in [0.5, 0.6) is 0 Å². The fraction of sp³-hybridized carbons (Fsp3) is 0.562. The summed E-state index contributed by atoms with van der Waals surface area (Å²) in [7, 11) is 0. The van der Waals surface area contributed by atoms with E-state index >= 15 is 0 Å². The van der Waals surface area contributed by atoms with Gasteiger partial charge in [-0.25, -0.2) is 0 Å². The van der Waals surface area contributed by atoms with Crippen LogP contribution in [0.1, 0.15) is 41.5 Å². The Labute approximate surface area is 105 Å². The van der Waals surface area contributed by atoms with E-state index in [-0.39, 0.29) is 10.8 Å². The van der Waals surface area contributed by atoms with Crippen molar-refractivity contribution in [3.63, 3.8) is 0 Å². The van der Waals surface area contributed by atoms with Crippen molar-refractivity contribution in [2.45, 2.75) is 41.5 Å². The van der Waals surface area contributed by atoms with Crippen LogP contribution >= 0.6 is 0 Å². The number of fused-ring (bicyclic) bond motifs is 1. The van der Waals surface area contributed by atoms with E-state index in [0.29, 0.717) is 5.92 Å². The Hall–Kier alpha value is -1.11. The fourth-order valence-electron chi connectivity index (χ4n) is 2.37. The van der Waals surface area contributed by atoms with E-state index in [4.69, 9.17) is 4.99 Å². The van der Waals surface area contributed by atoms with Crippen LogP contribution in [-0.2, 0) is 0 Å². The summed E-state index contributed by atoms with van der Waals surface area (Å²) in [5.41, 5.74) is 4.25. The lowest BCUT2D eigenvalue weighted by Crippen LogP contribution is -2.22. The molecule has 0 radical (unpaired) electrons. The molecule has 1 unspecified atom stereocenters.